The molecule has 1 saturated carbocycles. The molecular weight excluding hydrogens is 290 g/mol. The molecule has 2 saturated heterocycles. The Bertz CT molecular complexity index is 541. The highest BCUT2D eigenvalue weighted by Crippen LogP contribution is 2.41. The van der Waals surface area contributed by atoms with Gasteiger partial charge in [0.25, 0.3) is 0 Å². The third-order valence-corrected chi connectivity index (χ3v) is 5.68. The van der Waals surface area contributed by atoms with E-state index < -0.39 is 0 Å². The molecule has 4 rings (SSSR count). The third-order valence-electron chi connectivity index (χ3n) is 5.68. The van der Waals surface area contributed by atoms with Crippen molar-refractivity contribution in [2.45, 2.75) is 57.1 Å². The number of likely N-dealkylation sites (tertiary alicyclic amines) is 1. The van der Waals surface area contributed by atoms with E-state index >= 15 is 0 Å². The van der Waals surface area contributed by atoms with Crippen molar-refractivity contribution in [3.8, 4) is 5.88 Å². The summed E-state index contributed by atoms with van der Waals surface area (Å²) in [5.74, 6) is 1.36. The highest BCUT2D eigenvalue weighted by Gasteiger charge is 2.49. The molecule has 5 nitrogen and oxygen atoms in total. The van der Waals surface area contributed by atoms with E-state index in [-0.39, 0.29) is 5.60 Å². The highest BCUT2D eigenvalue weighted by molar-refractivity contribution is 5.07. The van der Waals surface area contributed by atoms with Crippen LogP contribution in [0.25, 0.3) is 0 Å². The van der Waals surface area contributed by atoms with Crippen LogP contribution in [-0.4, -0.2) is 52.8 Å². The van der Waals surface area contributed by atoms with Gasteiger partial charge >= 0.3 is 0 Å². The van der Waals surface area contributed by atoms with Gasteiger partial charge in [-0.2, -0.15) is 0 Å². The Morgan fingerprint density at radius 3 is 2.91 bits per heavy atom. The average Bonchev–Trinajstić information content (AvgIpc) is 2.44. The molecule has 5 heteroatoms. The summed E-state index contributed by atoms with van der Waals surface area (Å²) in [4.78, 5) is 11.1. The fourth-order valence-corrected chi connectivity index (χ4v) is 4.14. The van der Waals surface area contributed by atoms with Crippen molar-refractivity contribution in [3.05, 3.63) is 18.1 Å². The van der Waals surface area contributed by atoms with Crippen LogP contribution in [0.4, 0.5) is 0 Å². The monoisotopic (exact) mass is 317 g/mol. The summed E-state index contributed by atoms with van der Waals surface area (Å²) < 4.78 is 11.9. The minimum atomic E-state index is 0.154. The minimum absolute atomic E-state index is 0.154. The van der Waals surface area contributed by atoms with Gasteiger partial charge in [0.1, 0.15) is 0 Å². The van der Waals surface area contributed by atoms with Crippen LogP contribution in [0, 0.1) is 12.8 Å². The first kappa shape index (κ1) is 15.3. The Hall–Kier alpha value is -1.20. The Balaban J connectivity index is 1.22. The molecule has 1 atom stereocenters. The second kappa shape index (κ2) is 6.36. The Labute approximate surface area is 138 Å². The van der Waals surface area contributed by atoms with Gasteiger partial charge in [0.2, 0.25) is 5.88 Å². The maximum Gasteiger partial charge on any atom is 0.232 e. The first-order chi connectivity index (χ1) is 11.2. The van der Waals surface area contributed by atoms with Crippen LogP contribution >= 0.6 is 0 Å². The summed E-state index contributed by atoms with van der Waals surface area (Å²) in [6, 6.07) is 0.854. The molecule has 1 aromatic rings. The van der Waals surface area contributed by atoms with E-state index in [1.165, 1.54) is 25.7 Å². The lowest BCUT2D eigenvalue weighted by molar-refractivity contribution is -0.195. The van der Waals surface area contributed by atoms with E-state index in [0.717, 1.165) is 50.9 Å². The molecule has 0 radical (unpaired) electrons. The zero-order chi connectivity index (χ0) is 15.7. The average molecular weight is 317 g/mol. The standard InChI is InChI=1S/C18H27N3O2/c1-14-10-19-11-17(20-14)22-7-5-15-6-8-23-18(9-15)12-21(13-18)16-3-2-4-16/h10-11,15-16H,2-9,12-13H2,1H3/t15-/m1/s1. The van der Waals surface area contributed by atoms with Crippen molar-refractivity contribution in [3.63, 3.8) is 0 Å². The molecule has 0 N–H and O–H groups in total. The van der Waals surface area contributed by atoms with Crippen molar-refractivity contribution >= 4 is 0 Å². The third kappa shape index (κ3) is 3.36. The van der Waals surface area contributed by atoms with E-state index in [0.29, 0.717) is 11.8 Å². The number of hydrogen-bond acceptors (Lipinski definition) is 5. The van der Waals surface area contributed by atoms with Gasteiger partial charge in [-0.15, -0.1) is 0 Å². The molecule has 2 aliphatic heterocycles. The molecule has 0 bridgehead atoms. The quantitative estimate of drug-likeness (QED) is 0.835. The second-order valence-corrected chi connectivity index (χ2v) is 7.52. The first-order valence-electron chi connectivity index (χ1n) is 9.02. The molecular formula is C18H27N3O2. The fraction of sp³-hybridized carbons (Fsp3) is 0.778. The van der Waals surface area contributed by atoms with Gasteiger partial charge in [0.05, 0.1) is 24.1 Å². The van der Waals surface area contributed by atoms with Gasteiger partial charge < -0.3 is 9.47 Å². The largest absolute Gasteiger partial charge is 0.477 e. The molecule has 1 aromatic heterocycles. The molecule has 126 valence electrons. The lowest BCUT2D eigenvalue weighted by Crippen LogP contribution is -2.68. The predicted octanol–water partition coefficient (Wildman–Crippen LogP) is 2.59. The summed E-state index contributed by atoms with van der Waals surface area (Å²) in [7, 11) is 0. The van der Waals surface area contributed by atoms with E-state index in [1.807, 2.05) is 6.92 Å². The lowest BCUT2D eigenvalue weighted by atomic mass is 9.76. The first-order valence-corrected chi connectivity index (χ1v) is 9.02. The van der Waals surface area contributed by atoms with Crippen LogP contribution in [-0.2, 0) is 4.74 Å². The smallest absolute Gasteiger partial charge is 0.232 e. The van der Waals surface area contributed by atoms with Crippen molar-refractivity contribution in [1.29, 1.82) is 0 Å². The van der Waals surface area contributed by atoms with Crippen molar-refractivity contribution in [1.82, 2.24) is 14.9 Å². The van der Waals surface area contributed by atoms with Crippen LogP contribution in [0.15, 0.2) is 12.4 Å². The maximum atomic E-state index is 6.16. The van der Waals surface area contributed by atoms with E-state index in [4.69, 9.17) is 9.47 Å². The minimum Gasteiger partial charge on any atom is -0.477 e. The summed E-state index contributed by atoms with van der Waals surface area (Å²) in [5, 5.41) is 0. The summed E-state index contributed by atoms with van der Waals surface area (Å²) in [5.41, 5.74) is 1.06. The molecule has 0 unspecified atom stereocenters. The lowest BCUT2D eigenvalue weighted by Gasteiger charge is -2.57. The maximum absolute atomic E-state index is 6.16. The van der Waals surface area contributed by atoms with Crippen molar-refractivity contribution < 1.29 is 9.47 Å². The molecule has 3 heterocycles. The van der Waals surface area contributed by atoms with Gasteiger partial charge in [-0.3, -0.25) is 9.88 Å². The van der Waals surface area contributed by atoms with Crippen molar-refractivity contribution in [2.75, 3.05) is 26.3 Å². The predicted molar refractivity (Wildman–Crippen MR) is 87.5 cm³/mol. The summed E-state index contributed by atoms with van der Waals surface area (Å²) >= 11 is 0. The van der Waals surface area contributed by atoms with E-state index in [1.54, 1.807) is 12.4 Å². The van der Waals surface area contributed by atoms with Gasteiger partial charge in [-0.25, -0.2) is 4.98 Å². The van der Waals surface area contributed by atoms with E-state index in [2.05, 4.69) is 14.9 Å². The Morgan fingerprint density at radius 2 is 2.17 bits per heavy atom. The van der Waals surface area contributed by atoms with E-state index in [9.17, 15) is 0 Å². The highest BCUT2D eigenvalue weighted by atomic mass is 16.5. The Morgan fingerprint density at radius 1 is 1.30 bits per heavy atom. The second-order valence-electron chi connectivity index (χ2n) is 7.52. The number of hydrogen-bond donors (Lipinski definition) is 0. The number of aromatic nitrogens is 2. The molecule has 0 aromatic carbocycles. The molecule has 3 fully saturated rings. The molecule has 1 aliphatic carbocycles. The molecule has 0 amide bonds. The number of nitrogens with zero attached hydrogens (tertiary/aromatic N) is 3. The van der Waals surface area contributed by atoms with Gasteiger partial charge in [-0.05, 0) is 44.9 Å². The van der Waals surface area contributed by atoms with Crippen LogP contribution in [0.5, 0.6) is 5.88 Å². The van der Waals surface area contributed by atoms with Crippen molar-refractivity contribution in [2.24, 2.45) is 5.92 Å². The number of rotatable bonds is 5. The topological polar surface area (TPSA) is 47.5 Å². The van der Waals surface area contributed by atoms with Crippen LogP contribution < -0.4 is 4.74 Å². The zero-order valence-corrected chi connectivity index (χ0v) is 14.0. The summed E-state index contributed by atoms with van der Waals surface area (Å²) in [6.45, 7) is 5.88. The number of ether oxygens (including phenoxy) is 2. The van der Waals surface area contributed by atoms with Gasteiger partial charge in [-0.1, -0.05) is 6.42 Å². The fourth-order valence-electron chi connectivity index (χ4n) is 4.14. The molecule has 3 aliphatic rings. The zero-order valence-electron chi connectivity index (χ0n) is 14.0. The van der Waals surface area contributed by atoms with Crippen LogP contribution in [0.1, 0.15) is 44.2 Å². The van der Waals surface area contributed by atoms with Gasteiger partial charge in [0, 0.05) is 31.9 Å². The van der Waals surface area contributed by atoms with Crippen LogP contribution in [0.2, 0.25) is 0 Å². The SMILES string of the molecule is Cc1cncc(OCC[C@@H]2CCOC3(C2)CN(C2CCC2)C3)n1. The normalized spacial score (nSPS) is 27.4. The number of aryl methyl sites for hydroxylation is 1. The van der Waals surface area contributed by atoms with Crippen LogP contribution in [0.3, 0.4) is 0 Å². The Kier molecular flexibility index (Phi) is 4.24. The van der Waals surface area contributed by atoms with Gasteiger partial charge in [0.15, 0.2) is 0 Å². The summed E-state index contributed by atoms with van der Waals surface area (Å²) in [6.07, 6.45) is 11.1. The molecule has 23 heavy (non-hydrogen) atoms. The molecule has 1 spiro atoms.